The molecule has 2 N–H and O–H groups in total. The average molecular weight is 424 g/mol. The lowest BCUT2D eigenvalue weighted by Crippen LogP contribution is -2.52. The Balaban J connectivity index is 1.40. The highest BCUT2D eigenvalue weighted by molar-refractivity contribution is 7.99. The monoisotopic (exact) mass is 423 g/mol. The molecule has 6 nitrogen and oxygen atoms in total. The SMILES string of the molecule is CN=C(NCC(=O)N1CCN(c2ccc(Cl)cc2)CC1)NC1CCC(SC)C1. The Kier molecular flexibility index (Phi) is 7.73. The summed E-state index contributed by atoms with van der Waals surface area (Å²) in [4.78, 5) is 21.1. The summed E-state index contributed by atoms with van der Waals surface area (Å²) in [6.45, 7) is 3.40. The van der Waals surface area contributed by atoms with Gasteiger partial charge in [-0.2, -0.15) is 11.8 Å². The number of piperazine rings is 1. The van der Waals surface area contributed by atoms with Crippen molar-refractivity contribution in [3.63, 3.8) is 0 Å². The molecule has 2 fully saturated rings. The molecule has 2 atom stereocenters. The van der Waals surface area contributed by atoms with E-state index in [-0.39, 0.29) is 12.5 Å². The number of rotatable bonds is 5. The Hall–Kier alpha value is -1.60. The van der Waals surface area contributed by atoms with Gasteiger partial charge in [0.2, 0.25) is 5.91 Å². The molecule has 0 radical (unpaired) electrons. The van der Waals surface area contributed by atoms with Crippen LogP contribution in [0.15, 0.2) is 29.3 Å². The van der Waals surface area contributed by atoms with Gasteiger partial charge in [-0.25, -0.2) is 0 Å². The largest absolute Gasteiger partial charge is 0.368 e. The second kappa shape index (κ2) is 10.3. The molecule has 1 aromatic carbocycles. The van der Waals surface area contributed by atoms with E-state index in [1.54, 1.807) is 7.05 Å². The summed E-state index contributed by atoms with van der Waals surface area (Å²) in [5.74, 6) is 0.840. The first-order valence-electron chi connectivity index (χ1n) is 9.87. The molecule has 1 aliphatic carbocycles. The van der Waals surface area contributed by atoms with Crippen LogP contribution in [0.3, 0.4) is 0 Å². The van der Waals surface area contributed by atoms with Crippen LogP contribution >= 0.6 is 23.4 Å². The predicted octanol–water partition coefficient (Wildman–Crippen LogP) is 2.44. The van der Waals surface area contributed by atoms with Gasteiger partial charge in [-0.1, -0.05) is 11.6 Å². The third-order valence-corrected chi connectivity index (χ3v) is 6.86. The molecule has 1 saturated carbocycles. The third-order valence-electron chi connectivity index (χ3n) is 5.51. The summed E-state index contributed by atoms with van der Waals surface area (Å²) in [6, 6.07) is 8.32. The first-order chi connectivity index (χ1) is 13.6. The number of hydrogen-bond acceptors (Lipinski definition) is 4. The molecule has 0 spiro atoms. The number of halogens is 1. The van der Waals surface area contributed by atoms with E-state index in [2.05, 4.69) is 26.8 Å². The summed E-state index contributed by atoms with van der Waals surface area (Å²) >= 11 is 7.90. The molecule has 1 aromatic rings. The predicted molar refractivity (Wildman–Crippen MR) is 120 cm³/mol. The molecule has 1 aliphatic heterocycles. The maximum atomic E-state index is 12.6. The molecular weight excluding hydrogens is 394 g/mol. The standard InChI is InChI=1S/C20H30ClN5OS/c1-22-20(24-16-5-8-18(13-16)28-2)23-14-19(27)26-11-9-25(10-12-26)17-6-3-15(21)4-7-17/h3-4,6-7,16,18H,5,8-14H2,1-2H3,(H2,22,23,24). The third kappa shape index (κ3) is 5.70. The molecule has 2 unspecified atom stereocenters. The van der Waals surface area contributed by atoms with Crippen molar-refractivity contribution in [2.75, 3.05) is 50.9 Å². The molecule has 28 heavy (non-hydrogen) atoms. The van der Waals surface area contributed by atoms with Crippen molar-refractivity contribution in [1.29, 1.82) is 0 Å². The van der Waals surface area contributed by atoms with Crippen molar-refractivity contribution in [3.8, 4) is 0 Å². The second-order valence-corrected chi connectivity index (χ2v) is 8.86. The van der Waals surface area contributed by atoms with Gasteiger partial charge in [0.15, 0.2) is 5.96 Å². The lowest BCUT2D eigenvalue weighted by Gasteiger charge is -2.36. The van der Waals surface area contributed by atoms with E-state index in [0.717, 1.165) is 60.9 Å². The number of nitrogens with one attached hydrogen (secondary N) is 2. The number of nitrogens with zero attached hydrogens (tertiary/aromatic N) is 3. The van der Waals surface area contributed by atoms with Gasteiger partial charge in [0, 0.05) is 55.2 Å². The van der Waals surface area contributed by atoms with Crippen LogP contribution in [0.25, 0.3) is 0 Å². The number of thioether (sulfide) groups is 1. The highest BCUT2D eigenvalue weighted by Crippen LogP contribution is 2.28. The molecule has 3 rings (SSSR count). The van der Waals surface area contributed by atoms with E-state index in [4.69, 9.17) is 11.6 Å². The maximum absolute atomic E-state index is 12.6. The van der Waals surface area contributed by atoms with Gasteiger partial charge in [0.1, 0.15) is 0 Å². The first kappa shape index (κ1) is 21.1. The van der Waals surface area contributed by atoms with E-state index in [9.17, 15) is 4.79 Å². The van der Waals surface area contributed by atoms with Crippen LogP contribution in [0.1, 0.15) is 19.3 Å². The van der Waals surface area contributed by atoms with Crippen molar-refractivity contribution in [3.05, 3.63) is 29.3 Å². The molecule has 8 heteroatoms. The lowest BCUT2D eigenvalue weighted by molar-refractivity contribution is -0.130. The summed E-state index contributed by atoms with van der Waals surface area (Å²) < 4.78 is 0. The molecule has 1 saturated heterocycles. The van der Waals surface area contributed by atoms with Gasteiger partial charge in [0.05, 0.1) is 6.54 Å². The smallest absolute Gasteiger partial charge is 0.242 e. The van der Waals surface area contributed by atoms with Crippen molar-refractivity contribution < 1.29 is 4.79 Å². The van der Waals surface area contributed by atoms with Crippen LogP contribution in [0, 0.1) is 0 Å². The minimum absolute atomic E-state index is 0.118. The van der Waals surface area contributed by atoms with Crippen LogP contribution in [0.2, 0.25) is 5.02 Å². The van der Waals surface area contributed by atoms with E-state index in [1.165, 1.54) is 6.42 Å². The maximum Gasteiger partial charge on any atom is 0.242 e. The van der Waals surface area contributed by atoms with Crippen LogP contribution < -0.4 is 15.5 Å². The van der Waals surface area contributed by atoms with Crippen molar-refractivity contribution in [2.45, 2.75) is 30.6 Å². The van der Waals surface area contributed by atoms with Crippen LogP contribution in [-0.2, 0) is 4.79 Å². The minimum Gasteiger partial charge on any atom is -0.368 e. The lowest BCUT2D eigenvalue weighted by atomic mass is 10.2. The Morgan fingerprint density at radius 3 is 2.54 bits per heavy atom. The Bertz CT molecular complexity index is 676. The number of aliphatic imine (C=N–C) groups is 1. The van der Waals surface area contributed by atoms with Gasteiger partial charge in [-0.3, -0.25) is 9.79 Å². The summed E-state index contributed by atoms with van der Waals surface area (Å²) in [6.07, 6.45) is 5.73. The second-order valence-electron chi connectivity index (χ2n) is 7.28. The molecular formula is C20H30ClN5OS. The number of carbonyl (C=O) groups is 1. The highest BCUT2D eigenvalue weighted by Gasteiger charge is 2.25. The Morgan fingerprint density at radius 1 is 1.21 bits per heavy atom. The summed E-state index contributed by atoms with van der Waals surface area (Å²) in [5, 5.41) is 8.12. The van der Waals surface area contributed by atoms with Crippen molar-refractivity contribution in [2.24, 2.45) is 4.99 Å². The van der Waals surface area contributed by atoms with Crippen molar-refractivity contribution in [1.82, 2.24) is 15.5 Å². The minimum atomic E-state index is 0.118. The van der Waals surface area contributed by atoms with Gasteiger partial charge in [0.25, 0.3) is 0 Å². The van der Waals surface area contributed by atoms with E-state index in [0.29, 0.717) is 6.04 Å². The number of carbonyl (C=O) groups excluding carboxylic acids is 1. The Morgan fingerprint density at radius 2 is 1.93 bits per heavy atom. The fourth-order valence-electron chi connectivity index (χ4n) is 3.81. The zero-order valence-electron chi connectivity index (χ0n) is 16.7. The normalized spacial score (nSPS) is 23.0. The number of anilines is 1. The number of guanidine groups is 1. The fourth-order valence-corrected chi connectivity index (χ4v) is 4.73. The summed E-state index contributed by atoms with van der Waals surface area (Å²) in [5.41, 5.74) is 1.15. The van der Waals surface area contributed by atoms with Crippen molar-refractivity contribution >= 4 is 40.9 Å². The first-order valence-corrected chi connectivity index (χ1v) is 11.5. The molecule has 1 heterocycles. The Labute approximate surface area is 177 Å². The van der Waals surface area contributed by atoms with E-state index in [1.807, 2.05) is 40.9 Å². The molecule has 0 aromatic heterocycles. The van der Waals surface area contributed by atoms with Crippen LogP contribution in [0.4, 0.5) is 5.69 Å². The number of hydrogen-bond donors (Lipinski definition) is 2. The summed E-state index contributed by atoms with van der Waals surface area (Å²) in [7, 11) is 1.76. The van der Waals surface area contributed by atoms with E-state index < -0.39 is 0 Å². The van der Waals surface area contributed by atoms with Gasteiger partial charge < -0.3 is 20.4 Å². The molecule has 1 amide bonds. The molecule has 154 valence electrons. The van der Waals surface area contributed by atoms with Gasteiger partial charge in [-0.15, -0.1) is 0 Å². The number of amides is 1. The zero-order chi connectivity index (χ0) is 19.9. The quantitative estimate of drug-likeness (QED) is 0.562. The average Bonchev–Trinajstić information content (AvgIpc) is 3.19. The topological polar surface area (TPSA) is 60.0 Å². The fraction of sp³-hybridized carbons (Fsp3) is 0.600. The molecule has 2 aliphatic rings. The molecule has 0 bridgehead atoms. The highest BCUT2D eigenvalue weighted by atomic mass is 35.5. The zero-order valence-corrected chi connectivity index (χ0v) is 18.2. The number of benzene rings is 1. The van der Waals surface area contributed by atoms with Crippen LogP contribution in [0.5, 0.6) is 0 Å². The van der Waals surface area contributed by atoms with Crippen LogP contribution in [-0.4, -0.2) is 74.1 Å². The van der Waals surface area contributed by atoms with Gasteiger partial charge in [-0.05, 0) is 49.8 Å². The van der Waals surface area contributed by atoms with E-state index >= 15 is 0 Å². The van der Waals surface area contributed by atoms with Gasteiger partial charge >= 0.3 is 0 Å².